The van der Waals surface area contributed by atoms with Crippen molar-refractivity contribution in [3.8, 4) is 5.75 Å². The van der Waals surface area contributed by atoms with Crippen molar-refractivity contribution in [1.82, 2.24) is 10.2 Å². The molecule has 1 aromatic heterocycles. The molecule has 1 aromatic carbocycles. The average Bonchev–Trinajstić information content (AvgIpc) is 3.26. The first-order valence-corrected chi connectivity index (χ1v) is 8.41. The zero-order chi connectivity index (χ0) is 16.1. The van der Waals surface area contributed by atoms with Crippen molar-refractivity contribution in [2.75, 3.05) is 20.2 Å². The molecule has 4 heteroatoms. The molecule has 0 bridgehead atoms. The number of benzene rings is 1. The van der Waals surface area contributed by atoms with Crippen LogP contribution in [0.1, 0.15) is 42.7 Å². The molecule has 1 atom stereocenters. The van der Waals surface area contributed by atoms with E-state index in [4.69, 9.17) is 9.15 Å². The summed E-state index contributed by atoms with van der Waals surface area (Å²) in [5, 5.41) is 3.51. The second-order valence-corrected chi connectivity index (χ2v) is 6.24. The topological polar surface area (TPSA) is 37.6 Å². The van der Waals surface area contributed by atoms with Crippen LogP contribution < -0.4 is 10.1 Å². The maximum Gasteiger partial charge on any atom is 0.123 e. The summed E-state index contributed by atoms with van der Waals surface area (Å²) in [5.41, 5.74) is 2.56. The number of hydrogen-bond acceptors (Lipinski definition) is 4. The van der Waals surface area contributed by atoms with Gasteiger partial charge in [0, 0.05) is 18.2 Å². The highest BCUT2D eigenvalue weighted by atomic mass is 16.5. The first kappa shape index (κ1) is 16.1. The zero-order valence-electron chi connectivity index (χ0n) is 14.0. The molecule has 1 aliphatic heterocycles. The first-order valence-electron chi connectivity index (χ1n) is 8.41. The fraction of sp³-hybridized carbons (Fsp3) is 0.474. The highest BCUT2D eigenvalue weighted by Gasteiger charge is 2.16. The molecule has 1 saturated heterocycles. The summed E-state index contributed by atoms with van der Waals surface area (Å²) in [4.78, 5) is 2.50. The third-order valence-corrected chi connectivity index (χ3v) is 4.56. The van der Waals surface area contributed by atoms with Crippen molar-refractivity contribution in [2.24, 2.45) is 0 Å². The van der Waals surface area contributed by atoms with Gasteiger partial charge in [0.1, 0.15) is 11.5 Å². The van der Waals surface area contributed by atoms with E-state index in [-0.39, 0.29) is 6.04 Å². The Morgan fingerprint density at radius 1 is 1.26 bits per heavy atom. The third-order valence-electron chi connectivity index (χ3n) is 4.56. The van der Waals surface area contributed by atoms with Crippen LogP contribution in [0.2, 0.25) is 0 Å². The van der Waals surface area contributed by atoms with E-state index in [1.54, 1.807) is 13.4 Å². The molecular weight excluding hydrogens is 288 g/mol. The van der Waals surface area contributed by atoms with E-state index < -0.39 is 0 Å². The maximum atomic E-state index is 5.55. The van der Waals surface area contributed by atoms with Crippen LogP contribution in [-0.4, -0.2) is 25.1 Å². The molecule has 3 rings (SSSR count). The lowest BCUT2D eigenvalue weighted by molar-refractivity contribution is 0.320. The summed E-state index contributed by atoms with van der Waals surface area (Å²) >= 11 is 0. The number of rotatable bonds is 7. The number of nitrogens with zero attached hydrogens (tertiary/aromatic N) is 1. The van der Waals surface area contributed by atoms with Crippen molar-refractivity contribution in [1.29, 1.82) is 0 Å². The van der Waals surface area contributed by atoms with Gasteiger partial charge in [-0.25, -0.2) is 0 Å². The predicted molar refractivity (Wildman–Crippen MR) is 91.5 cm³/mol. The maximum absolute atomic E-state index is 5.55. The van der Waals surface area contributed by atoms with Crippen LogP contribution in [0.15, 0.2) is 41.0 Å². The van der Waals surface area contributed by atoms with Gasteiger partial charge in [0.15, 0.2) is 0 Å². The molecule has 4 nitrogen and oxygen atoms in total. The summed E-state index contributed by atoms with van der Waals surface area (Å²) in [6.45, 7) is 6.29. The average molecular weight is 314 g/mol. The Morgan fingerprint density at radius 3 is 2.78 bits per heavy atom. The fourth-order valence-corrected chi connectivity index (χ4v) is 3.16. The molecule has 1 unspecified atom stereocenters. The Balaban J connectivity index is 1.68. The van der Waals surface area contributed by atoms with Crippen molar-refractivity contribution < 1.29 is 9.15 Å². The molecule has 124 valence electrons. The molecule has 0 saturated carbocycles. The Labute approximate surface area is 138 Å². The van der Waals surface area contributed by atoms with Crippen LogP contribution in [-0.2, 0) is 13.1 Å². The number of hydrogen-bond donors (Lipinski definition) is 1. The van der Waals surface area contributed by atoms with Crippen LogP contribution in [0.4, 0.5) is 0 Å². The summed E-state index contributed by atoms with van der Waals surface area (Å²) in [5.74, 6) is 1.95. The van der Waals surface area contributed by atoms with Gasteiger partial charge in [-0.1, -0.05) is 6.07 Å². The molecule has 0 radical (unpaired) electrons. The van der Waals surface area contributed by atoms with Crippen molar-refractivity contribution >= 4 is 0 Å². The number of nitrogens with one attached hydrogen (secondary N) is 1. The van der Waals surface area contributed by atoms with Gasteiger partial charge in [0.2, 0.25) is 0 Å². The molecule has 0 spiro atoms. The normalized spacial score (nSPS) is 16.6. The predicted octanol–water partition coefficient (Wildman–Crippen LogP) is 3.73. The standard InChI is InChI=1S/C19H26N2O2/c1-15(20-13-18-6-5-11-23-18)16-7-8-19(22-2)17(12-16)14-21-9-3-4-10-21/h5-8,11-12,15,20H,3-4,9-10,13-14H2,1-2H3. The van der Waals surface area contributed by atoms with E-state index in [1.165, 1.54) is 37.1 Å². The number of ether oxygens (including phenoxy) is 1. The van der Waals surface area contributed by atoms with Crippen molar-refractivity contribution in [2.45, 2.75) is 38.9 Å². The van der Waals surface area contributed by atoms with Gasteiger partial charge in [0.05, 0.1) is 19.9 Å². The fourth-order valence-electron chi connectivity index (χ4n) is 3.16. The minimum atomic E-state index is 0.267. The van der Waals surface area contributed by atoms with Gasteiger partial charge in [-0.3, -0.25) is 4.90 Å². The van der Waals surface area contributed by atoms with Crippen LogP contribution in [0, 0.1) is 0 Å². The smallest absolute Gasteiger partial charge is 0.123 e. The summed E-state index contributed by atoms with van der Waals surface area (Å²) in [7, 11) is 1.75. The van der Waals surface area contributed by atoms with Crippen LogP contribution in [0.25, 0.3) is 0 Å². The molecule has 1 N–H and O–H groups in total. The number of likely N-dealkylation sites (tertiary alicyclic amines) is 1. The minimum Gasteiger partial charge on any atom is -0.496 e. The van der Waals surface area contributed by atoms with Crippen molar-refractivity contribution in [3.63, 3.8) is 0 Å². The molecule has 0 aliphatic carbocycles. The van der Waals surface area contributed by atoms with E-state index in [0.29, 0.717) is 0 Å². The van der Waals surface area contributed by atoms with E-state index in [2.05, 4.69) is 35.3 Å². The Hall–Kier alpha value is -1.78. The summed E-state index contributed by atoms with van der Waals surface area (Å²) in [6.07, 6.45) is 4.33. The van der Waals surface area contributed by atoms with Gasteiger partial charge in [0.25, 0.3) is 0 Å². The highest BCUT2D eigenvalue weighted by Crippen LogP contribution is 2.26. The van der Waals surface area contributed by atoms with Gasteiger partial charge < -0.3 is 14.5 Å². The van der Waals surface area contributed by atoms with E-state index in [9.17, 15) is 0 Å². The summed E-state index contributed by atoms with van der Waals surface area (Å²) < 4.78 is 10.9. The van der Waals surface area contributed by atoms with Crippen LogP contribution >= 0.6 is 0 Å². The second-order valence-electron chi connectivity index (χ2n) is 6.24. The zero-order valence-corrected chi connectivity index (χ0v) is 14.0. The van der Waals surface area contributed by atoms with Gasteiger partial charge in [-0.2, -0.15) is 0 Å². The van der Waals surface area contributed by atoms with Gasteiger partial charge >= 0.3 is 0 Å². The van der Waals surface area contributed by atoms with Crippen LogP contribution in [0.5, 0.6) is 5.75 Å². The second kappa shape index (κ2) is 7.66. The monoisotopic (exact) mass is 314 g/mol. The third kappa shape index (κ3) is 4.15. The molecule has 0 amide bonds. The summed E-state index contributed by atoms with van der Waals surface area (Å²) in [6, 6.07) is 10.7. The van der Waals surface area contributed by atoms with Gasteiger partial charge in [-0.15, -0.1) is 0 Å². The Kier molecular flexibility index (Phi) is 5.36. The quantitative estimate of drug-likeness (QED) is 0.845. The molecular formula is C19H26N2O2. The molecule has 1 fully saturated rings. The minimum absolute atomic E-state index is 0.267. The van der Waals surface area contributed by atoms with E-state index in [1.807, 2.05) is 12.1 Å². The first-order chi connectivity index (χ1) is 11.3. The lowest BCUT2D eigenvalue weighted by Crippen LogP contribution is -2.20. The molecule has 23 heavy (non-hydrogen) atoms. The van der Waals surface area contributed by atoms with Gasteiger partial charge in [-0.05, 0) is 62.7 Å². The molecule has 1 aliphatic rings. The highest BCUT2D eigenvalue weighted by molar-refractivity contribution is 5.38. The van der Waals surface area contributed by atoms with Crippen molar-refractivity contribution in [3.05, 3.63) is 53.5 Å². The Morgan fingerprint density at radius 2 is 2.09 bits per heavy atom. The lowest BCUT2D eigenvalue weighted by Gasteiger charge is -2.20. The van der Waals surface area contributed by atoms with Crippen LogP contribution in [0.3, 0.4) is 0 Å². The van der Waals surface area contributed by atoms with E-state index >= 15 is 0 Å². The molecule has 2 heterocycles. The molecule has 2 aromatic rings. The lowest BCUT2D eigenvalue weighted by atomic mass is 10.0. The number of furan rings is 1. The number of methoxy groups -OCH3 is 1. The van der Waals surface area contributed by atoms with E-state index in [0.717, 1.165) is 24.6 Å². The SMILES string of the molecule is COc1ccc(C(C)NCc2ccco2)cc1CN1CCCC1. The largest absolute Gasteiger partial charge is 0.496 e. The Bertz CT molecular complexity index is 604.